The fourth-order valence-electron chi connectivity index (χ4n) is 3.11. The largest absolute Gasteiger partial charge is 0.462 e. The summed E-state index contributed by atoms with van der Waals surface area (Å²) in [7, 11) is 0. The standard InChI is InChI=1S/C21H21ClN2O4S/c1-3-28-21(27)19-15-10-11-24(13(2)25)12-17(15)29-20(19)23-18(26)9-8-14-6-4-5-7-16(14)22/h4-9H,3,10-12H2,1-2H3,(H,23,26). The van der Waals surface area contributed by atoms with E-state index in [1.54, 1.807) is 30.0 Å². The summed E-state index contributed by atoms with van der Waals surface area (Å²) in [5.41, 5.74) is 1.95. The second kappa shape index (κ2) is 9.24. The van der Waals surface area contributed by atoms with E-state index in [9.17, 15) is 14.4 Å². The Kier molecular flexibility index (Phi) is 6.71. The topological polar surface area (TPSA) is 75.7 Å². The lowest BCUT2D eigenvalue weighted by Gasteiger charge is -2.25. The Morgan fingerprint density at radius 3 is 2.76 bits per heavy atom. The summed E-state index contributed by atoms with van der Waals surface area (Å²) in [6.07, 6.45) is 3.54. The lowest BCUT2D eigenvalue weighted by molar-refractivity contribution is -0.129. The minimum absolute atomic E-state index is 0.0185. The van der Waals surface area contributed by atoms with Crippen molar-refractivity contribution in [2.24, 2.45) is 0 Å². The second-order valence-electron chi connectivity index (χ2n) is 6.46. The summed E-state index contributed by atoms with van der Waals surface area (Å²) < 4.78 is 5.19. The molecule has 0 fully saturated rings. The van der Waals surface area contributed by atoms with Crippen LogP contribution in [0.2, 0.25) is 5.02 Å². The molecule has 0 spiro atoms. The highest BCUT2D eigenvalue weighted by atomic mass is 35.5. The molecule has 3 rings (SSSR count). The monoisotopic (exact) mass is 432 g/mol. The van der Waals surface area contributed by atoms with Gasteiger partial charge in [-0.1, -0.05) is 29.8 Å². The number of hydrogen-bond donors (Lipinski definition) is 1. The Bertz CT molecular complexity index is 983. The number of carbonyl (C=O) groups is 3. The van der Waals surface area contributed by atoms with Gasteiger partial charge >= 0.3 is 5.97 Å². The van der Waals surface area contributed by atoms with E-state index in [1.807, 2.05) is 12.1 Å². The zero-order valence-corrected chi connectivity index (χ0v) is 17.7. The third-order valence-corrected chi connectivity index (χ3v) is 6.01. The zero-order chi connectivity index (χ0) is 21.0. The van der Waals surface area contributed by atoms with Crippen molar-refractivity contribution in [2.75, 3.05) is 18.5 Å². The molecule has 2 heterocycles. The minimum Gasteiger partial charge on any atom is -0.462 e. The van der Waals surface area contributed by atoms with Gasteiger partial charge in [0.2, 0.25) is 11.8 Å². The summed E-state index contributed by atoms with van der Waals surface area (Å²) in [6.45, 7) is 4.45. The van der Waals surface area contributed by atoms with Crippen molar-refractivity contribution in [1.29, 1.82) is 0 Å². The molecule has 8 heteroatoms. The molecule has 152 valence electrons. The highest BCUT2D eigenvalue weighted by Gasteiger charge is 2.30. The number of rotatable bonds is 5. The number of carbonyl (C=O) groups excluding carboxylic acids is 3. The molecule has 0 aliphatic carbocycles. The van der Waals surface area contributed by atoms with Crippen LogP contribution in [0, 0.1) is 0 Å². The number of hydrogen-bond acceptors (Lipinski definition) is 5. The molecule has 0 unspecified atom stereocenters. The van der Waals surface area contributed by atoms with Crippen molar-refractivity contribution in [3.05, 3.63) is 56.9 Å². The Morgan fingerprint density at radius 2 is 2.07 bits per heavy atom. The SMILES string of the molecule is CCOC(=O)c1c(NC(=O)C=Cc2ccccc2Cl)sc2c1CCN(C(C)=O)C2. The first-order valence-electron chi connectivity index (χ1n) is 9.21. The fraction of sp³-hybridized carbons (Fsp3) is 0.286. The average molecular weight is 433 g/mol. The molecule has 1 aliphatic rings. The molecule has 29 heavy (non-hydrogen) atoms. The van der Waals surface area contributed by atoms with Crippen molar-refractivity contribution < 1.29 is 19.1 Å². The molecule has 1 aromatic carbocycles. The number of anilines is 1. The van der Waals surface area contributed by atoms with Gasteiger partial charge in [-0.05, 0) is 36.6 Å². The molecule has 0 saturated heterocycles. The van der Waals surface area contributed by atoms with Crippen molar-refractivity contribution in [1.82, 2.24) is 4.90 Å². The Balaban J connectivity index is 1.86. The molecule has 1 aromatic heterocycles. The van der Waals surface area contributed by atoms with E-state index in [1.165, 1.54) is 24.3 Å². The van der Waals surface area contributed by atoms with Gasteiger partial charge in [-0.15, -0.1) is 11.3 Å². The first kappa shape index (κ1) is 21.1. The maximum atomic E-state index is 12.5. The molecule has 1 aliphatic heterocycles. The van der Waals surface area contributed by atoms with E-state index in [4.69, 9.17) is 16.3 Å². The highest BCUT2D eigenvalue weighted by molar-refractivity contribution is 7.17. The number of fused-ring (bicyclic) bond motifs is 1. The third kappa shape index (κ3) is 4.86. The van der Waals surface area contributed by atoms with Crippen molar-refractivity contribution in [2.45, 2.75) is 26.8 Å². The van der Waals surface area contributed by atoms with Crippen LogP contribution in [-0.2, 0) is 27.3 Å². The summed E-state index contributed by atoms with van der Waals surface area (Å²) in [6, 6.07) is 7.19. The smallest absolute Gasteiger partial charge is 0.341 e. The average Bonchev–Trinajstić information content (AvgIpc) is 3.04. The van der Waals surface area contributed by atoms with Gasteiger partial charge in [-0.2, -0.15) is 0 Å². The maximum absolute atomic E-state index is 12.5. The molecule has 2 aromatic rings. The number of nitrogens with one attached hydrogen (secondary N) is 1. The van der Waals surface area contributed by atoms with Gasteiger partial charge < -0.3 is 15.0 Å². The first-order valence-corrected chi connectivity index (χ1v) is 10.4. The van der Waals surface area contributed by atoms with Crippen LogP contribution in [0.4, 0.5) is 5.00 Å². The minimum atomic E-state index is -0.466. The molecule has 1 N–H and O–H groups in total. The molecule has 0 radical (unpaired) electrons. The molecule has 0 atom stereocenters. The van der Waals surface area contributed by atoms with Crippen LogP contribution >= 0.6 is 22.9 Å². The maximum Gasteiger partial charge on any atom is 0.341 e. The number of amides is 2. The second-order valence-corrected chi connectivity index (χ2v) is 7.98. The quantitative estimate of drug-likeness (QED) is 0.569. The van der Waals surface area contributed by atoms with E-state index >= 15 is 0 Å². The van der Waals surface area contributed by atoms with Crippen molar-refractivity contribution in [3.63, 3.8) is 0 Å². The number of halogens is 1. The molecule has 0 saturated carbocycles. The van der Waals surface area contributed by atoms with Crippen LogP contribution in [0.3, 0.4) is 0 Å². The van der Waals surface area contributed by atoms with Gasteiger partial charge in [-0.25, -0.2) is 4.79 Å². The number of ether oxygens (including phenoxy) is 1. The number of benzene rings is 1. The van der Waals surface area contributed by atoms with E-state index in [0.29, 0.717) is 35.1 Å². The molecule has 6 nitrogen and oxygen atoms in total. The van der Waals surface area contributed by atoms with Crippen molar-refractivity contribution in [3.8, 4) is 0 Å². The van der Waals surface area contributed by atoms with Crippen LogP contribution < -0.4 is 5.32 Å². The lowest BCUT2D eigenvalue weighted by atomic mass is 10.0. The van der Waals surface area contributed by atoms with Crippen LogP contribution in [0.5, 0.6) is 0 Å². The normalized spacial score (nSPS) is 13.3. The van der Waals surface area contributed by atoms with Gasteiger partial charge in [0.1, 0.15) is 5.00 Å². The van der Waals surface area contributed by atoms with Crippen LogP contribution in [0.25, 0.3) is 6.08 Å². The number of nitrogens with zero attached hydrogens (tertiary/aromatic N) is 1. The summed E-state index contributed by atoms with van der Waals surface area (Å²) in [5, 5.41) is 3.77. The predicted molar refractivity (Wildman–Crippen MR) is 114 cm³/mol. The van der Waals surface area contributed by atoms with E-state index in [-0.39, 0.29) is 18.4 Å². The van der Waals surface area contributed by atoms with Gasteiger partial charge in [0.15, 0.2) is 0 Å². The zero-order valence-electron chi connectivity index (χ0n) is 16.2. The predicted octanol–water partition coefficient (Wildman–Crippen LogP) is 4.13. The molecular weight excluding hydrogens is 412 g/mol. The van der Waals surface area contributed by atoms with Crippen LogP contribution in [0.1, 0.15) is 40.2 Å². The summed E-state index contributed by atoms with van der Waals surface area (Å²) in [5.74, 6) is -0.862. The summed E-state index contributed by atoms with van der Waals surface area (Å²) in [4.78, 5) is 39.3. The summed E-state index contributed by atoms with van der Waals surface area (Å²) >= 11 is 7.41. The Labute approximate surface area is 178 Å². The highest BCUT2D eigenvalue weighted by Crippen LogP contribution is 2.37. The van der Waals surface area contributed by atoms with Crippen LogP contribution in [0.15, 0.2) is 30.3 Å². The first-order chi connectivity index (χ1) is 13.9. The Hall–Kier alpha value is -2.64. The number of esters is 1. The number of thiophene rings is 1. The third-order valence-electron chi connectivity index (χ3n) is 4.54. The van der Waals surface area contributed by atoms with Gasteiger partial charge in [0.05, 0.1) is 18.7 Å². The van der Waals surface area contributed by atoms with Gasteiger partial charge in [-0.3, -0.25) is 9.59 Å². The molecule has 0 bridgehead atoms. The molecule has 2 amide bonds. The van der Waals surface area contributed by atoms with Gasteiger partial charge in [0, 0.05) is 29.4 Å². The van der Waals surface area contributed by atoms with E-state index in [0.717, 1.165) is 16.0 Å². The van der Waals surface area contributed by atoms with Crippen molar-refractivity contribution >= 4 is 51.8 Å². The van der Waals surface area contributed by atoms with Crippen LogP contribution in [-0.4, -0.2) is 35.8 Å². The lowest BCUT2D eigenvalue weighted by Crippen LogP contribution is -2.34. The van der Waals surface area contributed by atoms with E-state index < -0.39 is 5.97 Å². The Morgan fingerprint density at radius 1 is 1.31 bits per heavy atom. The van der Waals surface area contributed by atoms with E-state index in [2.05, 4.69) is 5.32 Å². The molecular formula is C21H21ClN2O4S. The fourth-order valence-corrected chi connectivity index (χ4v) is 4.56. The van der Waals surface area contributed by atoms with Gasteiger partial charge in [0.25, 0.3) is 0 Å².